The quantitative estimate of drug-likeness (QED) is 0.574. The van der Waals surface area contributed by atoms with Crippen LogP contribution in [0.1, 0.15) is 51.9 Å². The first kappa shape index (κ1) is 18.8. The number of amides is 1. The second-order valence-electron chi connectivity index (χ2n) is 5.80. The number of aliphatic hydroxyl groups is 1. The van der Waals surface area contributed by atoms with E-state index in [1.165, 1.54) is 25.7 Å². The van der Waals surface area contributed by atoms with Gasteiger partial charge in [0.05, 0.1) is 0 Å². The van der Waals surface area contributed by atoms with E-state index in [0.717, 1.165) is 31.0 Å². The molecular formula is C16H32N2O2S. The first-order valence-electron chi connectivity index (χ1n) is 8.47. The van der Waals surface area contributed by atoms with Gasteiger partial charge >= 0.3 is 0 Å². The molecule has 5 heteroatoms. The summed E-state index contributed by atoms with van der Waals surface area (Å²) in [5.41, 5.74) is 0. The van der Waals surface area contributed by atoms with Gasteiger partial charge in [0.25, 0.3) is 0 Å². The number of nitrogens with zero attached hydrogens (tertiary/aromatic N) is 1. The smallest absolute Gasteiger partial charge is 0.224 e. The number of rotatable bonds is 11. The second-order valence-corrected chi connectivity index (χ2v) is 6.95. The van der Waals surface area contributed by atoms with Gasteiger partial charge < -0.3 is 15.3 Å². The van der Waals surface area contributed by atoms with Gasteiger partial charge in [-0.3, -0.25) is 4.79 Å². The van der Waals surface area contributed by atoms with Gasteiger partial charge in [-0.2, -0.15) is 11.8 Å². The monoisotopic (exact) mass is 316 g/mol. The Kier molecular flexibility index (Phi) is 11.0. The minimum Gasteiger partial charge on any atom is -0.396 e. The molecule has 1 fully saturated rings. The highest BCUT2D eigenvalue weighted by molar-refractivity contribution is 7.99. The number of carbonyl (C=O) groups is 1. The third-order valence-corrected chi connectivity index (χ3v) is 5.02. The minimum atomic E-state index is 0.164. The Hall–Kier alpha value is -0.260. The fourth-order valence-electron chi connectivity index (χ4n) is 2.62. The van der Waals surface area contributed by atoms with Gasteiger partial charge in [-0.1, -0.05) is 32.6 Å². The Morgan fingerprint density at radius 3 is 2.67 bits per heavy atom. The zero-order valence-electron chi connectivity index (χ0n) is 13.5. The standard InChI is InChI=1S/C16H32N2O2S/c1-2-3-4-5-6-9-18(10-7-11-19)16(20)13-15-14-21-12-8-17-15/h15,17,19H,2-14H2,1H3. The molecule has 1 heterocycles. The van der Waals surface area contributed by atoms with E-state index in [1.807, 2.05) is 16.7 Å². The first-order valence-corrected chi connectivity index (χ1v) is 9.63. The van der Waals surface area contributed by atoms with Gasteiger partial charge in [0, 0.05) is 50.2 Å². The van der Waals surface area contributed by atoms with E-state index in [2.05, 4.69) is 12.2 Å². The Morgan fingerprint density at radius 1 is 1.24 bits per heavy atom. The molecule has 1 aliphatic heterocycles. The van der Waals surface area contributed by atoms with Gasteiger partial charge in [-0.05, 0) is 12.8 Å². The molecule has 0 radical (unpaired) electrons. The van der Waals surface area contributed by atoms with Crippen LogP contribution in [-0.2, 0) is 4.79 Å². The summed E-state index contributed by atoms with van der Waals surface area (Å²) in [6.45, 7) is 4.94. The lowest BCUT2D eigenvalue weighted by Gasteiger charge is -2.27. The number of hydrogen-bond donors (Lipinski definition) is 2. The summed E-state index contributed by atoms with van der Waals surface area (Å²) in [7, 11) is 0. The van der Waals surface area contributed by atoms with Gasteiger partial charge in [0.15, 0.2) is 0 Å². The summed E-state index contributed by atoms with van der Waals surface area (Å²) in [5.74, 6) is 2.44. The van der Waals surface area contributed by atoms with E-state index in [0.29, 0.717) is 25.4 Å². The molecule has 0 saturated carbocycles. The molecule has 1 aliphatic rings. The molecular weight excluding hydrogens is 284 g/mol. The van der Waals surface area contributed by atoms with Gasteiger partial charge in [0.2, 0.25) is 5.91 Å². The second kappa shape index (κ2) is 12.3. The van der Waals surface area contributed by atoms with Crippen LogP contribution >= 0.6 is 11.8 Å². The Labute approximate surface area is 134 Å². The number of aliphatic hydroxyl groups excluding tert-OH is 1. The summed E-state index contributed by atoms with van der Waals surface area (Å²) in [6.07, 6.45) is 7.38. The maximum Gasteiger partial charge on any atom is 0.224 e. The van der Waals surface area contributed by atoms with E-state index in [4.69, 9.17) is 5.11 Å². The highest BCUT2D eigenvalue weighted by Crippen LogP contribution is 2.12. The maximum atomic E-state index is 12.4. The molecule has 0 aromatic carbocycles. The van der Waals surface area contributed by atoms with Crippen LogP contribution in [0, 0.1) is 0 Å². The molecule has 0 bridgehead atoms. The summed E-state index contributed by atoms with van der Waals surface area (Å²) in [6, 6.07) is 0.327. The largest absolute Gasteiger partial charge is 0.396 e. The van der Waals surface area contributed by atoms with Crippen LogP contribution < -0.4 is 5.32 Å². The van der Waals surface area contributed by atoms with Crippen LogP contribution in [0.15, 0.2) is 0 Å². The van der Waals surface area contributed by atoms with Gasteiger partial charge in [-0.15, -0.1) is 0 Å². The van der Waals surface area contributed by atoms with Crippen molar-refractivity contribution in [2.24, 2.45) is 0 Å². The van der Waals surface area contributed by atoms with Crippen molar-refractivity contribution < 1.29 is 9.90 Å². The Bertz CT molecular complexity index is 271. The molecule has 2 N–H and O–H groups in total. The van der Waals surface area contributed by atoms with Crippen LogP contribution in [0.25, 0.3) is 0 Å². The lowest BCUT2D eigenvalue weighted by atomic mass is 10.1. The van der Waals surface area contributed by atoms with Crippen molar-refractivity contribution >= 4 is 17.7 Å². The molecule has 1 saturated heterocycles. The first-order chi connectivity index (χ1) is 10.3. The van der Waals surface area contributed by atoms with E-state index >= 15 is 0 Å². The summed E-state index contributed by atoms with van der Waals surface area (Å²) < 4.78 is 0. The molecule has 1 atom stereocenters. The van der Waals surface area contributed by atoms with Crippen LogP contribution in [-0.4, -0.2) is 59.7 Å². The van der Waals surface area contributed by atoms with Crippen molar-refractivity contribution in [3.05, 3.63) is 0 Å². The summed E-state index contributed by atoms with van der Waals surface area (Å²) >= 11 is 1.93. The number of carbonyl (C=O) groups excluding carboxylic acids is 1. The topological polar surface area (TPSA) is 52.6 Å². The van der Waals surface area contributed by atoms with Crippen molar-refractivity contribution in [3.8, 4) is 0 Å². The molecule has 0 aliphatic carbocycles. The van der Waals surface area contributed by atoms with Crippen molar-refractivity contribution in [2.45, 2.75) is 57.9 Å². The van der Waals surface area contributed by atoms with Crippen molar-refractivity contribution in [1.82, 2.24) is 10.2 Å². The van der Waals surface area contributed by atoms with E-state index in [-0.39, 0.29) is 12.5 Å². The lowest BCUT2D eigenvalue weighted by molar-refractivity contribution is -0.131. The number of unbranched alkanes of at least 4 members (excludes halogenated alkanes) is 4. The van der Waals surface area contributed by atoms with Crippen molar-refractivity contribution in [2.75, 3.05) is 37.7 Å². The molecule has 0 aromatic rings. The third-order valence-electron chi connectivity index (χ3n) is 3.89. The predicted octanol–water partition coefficient (Wildman–Crippen LogP) is 2.26. The molecule has 1 unspecified atom stereocenters. The number of hydrogen-bond acceptors (Lipinski definition) is 4. The van der Waals surface area contributed by atoms with Crippen LogP contribution in [0.4, 0.5) is 0 Å². The fraction of sp³-hybridized carbons (Fsp3) is 0.938. The Balaban J connectivity index is 2.29. The molecule has 0 spiro atoms. The summed E-state index contributed by atoms with van der Waals surface area (Å²) in [5, 5.41) is 12.4. The molecule has 0 aromatic heterocycles. The molecule has 21 heavy (non-hydrogen) atoms. The normalized spacial score (nSPS) is 18.7. The van der Waals surface area contributed by atoms with Crippen molar-refractivity contribution in [1.29, 1.82) is 0 Å². The molecule has 1 rings (SSSR count). The highest BCUT2D eigenvalue weighted by Gasteiger charge is 2.20. The van der Waals surface area contributed by atoms with E-state index in [9.17, 15) is 4.79 Å². The molecule has 1 amide bonds. The van der Waals surface area contributed by atoms with Gasteiger partial charge in [0.1, 0.15) is 0 Å². The summed E-state index contributed by atoms with van der Waals surface area (Å²) in [4.78, 5) is 14.4. The molecule has 124 valence electrons. The number of thioether (sulfide) groups is 1. The fourth-order valence-corrected chi connectivity index (χ4v) is 3.57. The van der Waals surface area contributed by atoms with Gasteiger partial charge in [-0.25, -0.2) is 0 Å². The zero-order chi connectivity index (χ0) is 15.3. The van der Waals surface area contributed by atoms with E-state index < -0.39 is 0 Å². The number of nitrogens with one attached hydrogen (secondary N) is 1. The third kappa shape index (κ3) is 8.69. The van der Waals surface area contributed by atoms with Crippen LogP contribution in [0.5, 0.6) is 0 Å². The van der Waals surface area contributed by atoms with E-state index in [1.54, 1.807) is 0 Å². The highest BCUT2D eigenvalue weighted by atomic mass is 32.2. The minimum absolute atomic E-state index is 0.164. The van der Waals surface area contributed by atoms with Crippen LogP contribution in [0.2, 0.25) is 0 Å². The lowest BCUT2D eigenvalue weighted by Crippen LogP contribution is -2.43. The SMILES string of the molecule is CCCCCCCN(CCCO)C(=O)CC1CSCCN1. The Morgan fingerprint density at radius 2 is 2.00 bits per heavy atom. The predicted molar refractivity (Wildman–Crippen MR) is 90.8 cm³/mol. The zero-order valence-corrected chi connectivity index (χ0v) is 14.3. The molecule has 4 nitrogen and oxygen atoms in total. The average Bonchev–Trinajstić information content (AvgIpc) is 2.51. The van der Waals surface area contributed by atoms with Crippen LogP contribution in [0.3, 0.4) is 0 Å². The van der Waals surface area contributed by atoms with Crippen molar-refractivity contribution in [3.63, 3.8) is 0 Å². The average molecular weight is 317 g/mol. The maximum absolute atomic E-state index is 12.4.